The molecule has 1 N–H and O–H groups in total. The first-order chi connectivity index (χ1) is 18.0. The summed E-state index contributed by atoms with van der Waals surface area (Å²) in [6.07, 6.45) is 2.28. The predicted molar refractivity (Wildman–Crippen MR) is 143 cm³/mol. The van der Waals surface area contributed by atoms with Crippen LogP contribution in [-0.4, -0.2) is 69.2 Å². The minimum absolute atomic E-state index is 0.329. The number of nitrogens with one attached hydrogen (secondary N) is 1. The van der Waals surface area contributed by atoms with Gasteiger partial charge >= 0.3 is 0 Å². The zero-order valence-electron chi connectivity index (χ0n) is 20.7. The van der Waals surface area contributed by atoms with E-state index in [1.807, 2.05) is 61.0 Å². The van der Waals surface area contributed by atoms with E-state index in [2.05, 4.69) is 25.4 Å². The Morgan fingerprint density at radius 1 is 1.11 bits per heavy atom. The van der Waals surface area contributed by atoms with E-state index in [0.29, 0.717) is 41.3 Å². The first-order valence-corrected chi connectivity index (χ1v) is 12.8. The van der Waals surface area contributed by atoms with Crippen molar-refractivity contribution in [2.45, 2.75) is 18.7 Å². The molecule has 0 bridgehead atoms. The fourth-order valence-corrected chi connectivity index (χ4v) is 5.43. The summed E-state index contributed by atoms with van der Waals surface area (Å²) in [5.74, 6) is 1.58. The molecular formula is C26H26FN7O2S. The van der Waals surface area contributed by atoms with E-state index in [1.54, 1.807) is 23.1 Å². The van der Waals surface area contributed by atoms with Gasteiger partial charge in [-0.25, -0.2) is 19.3 Å². The number of hydrogen-bond acceptors (Lipinski definition) is 9. The normalized spacial score (nSPS) is 18.4. The third-order valence-electron chi connectivity index (χ3n) is 6.56. The largest absolute Gasteiger partial charge is 0.486 e. The molecule has 2 aromatic carbocycles. The van der Waals surface area contributed by atoms with Crippen LogP contribution in [0.5, 0.6) is 11.6 Å². The first-order valence-electron chi connectivity index (χ1n) is 11.9. The number of nitrogens with zero attached hydrogens (tertiary/aromatic N) is 6. The quantitative estimate of drug-likeness (QED) is 0.342. The Morgan fingerprint density at radius 3 is 2.84 bits per heavy atom. The number of aryl methyl sites for hydroxylation is 1. The zero-order valence-corrected chi connectivity index (χ0v) is 21.5. The number of fused-ring (bicyclic) bond motifs is 2. The van der Waals surface area contributed by atoms with Crippen molar-refractivity contribution < 1.29 is 13.9 Å². The SMILES string of the molecule is COc1nn(C)cc1-c1cc(O[C@H]2CCN(C)C[C@@H]2F)c2c(Nc3ccc4ncsc4c3)ncnc2c1. The lowest BCUT2D eigenvalue weighted by molar-refractivity contribution is 0.0323. The van der Waals surface area contributed by atoms with Gasteiger partial charge in [-0.3, -0.25) is 4.68 Å². The summed E-state index contributed by atoms with van der Waals surface area (Å²) in [5.41, 5.74) is 5.90. The minimum Gasteiger partial charge on any atom is -0.486 e. The molecule has 11 heteroatoms. The predicted octanol–water partition coefficient (Wildman–Crippen LogP) is 4.81. The van der Waals surface area contributed by atoms with Gasteiger partial charge in [-0.05, 0) is 49.4 Å². The molecule has 37 heavy (non-hydrogen) atoms. The molecule has 1 fully saturated rings. The van der Waals surface area contributed by atoms with Gasteiger partial charge in [0.05, 0.1) is 39.3 Å². The van der Waals surface area contributed by atoms with Crippen molar-refractivity contribution in [1.82, 2.24) is 29.6 Å². The summed E-state index contributed by atoms with van der Waals surface area (Å²) in [6, 6.07) is 9.80. The molecule has 9 nitrogen and oxygen atoms in total. The zero-order chi connectivity index (χ0) is 25.5. The van der Waals surface area contributed by atoms with Crippen molar-refractivity contribution in [3.63, 3.8) is 0 Å². The van der Waals surface area contributed by atoms with E-state index < -0.39 is 12.3 Å². The van der Waals surface area contributed by atoms with Gasteiger partial charge in [-0.15, -0.1) is 16.4 Å². The van der Waals surface area contributed by atoms with Crippen LogP contribution >= 0.6 is 11.3 Å². The molecule has 0 saturated carbocycles. The van der Waals surface area contributed by atoms with Gasteiger partial charge in [0, 0.05) is 32.0 Å². The Labute approximate surface area is 216 Å². The van der Waals surface area contributed by atoms with E-state index >= 15 is 4.39 Å². The smallest absolute Gasteiger partial charge is 0.240 e. The van der Waals surface area contributed by atoms with Crippen LogP contribution in [-0.2, 0) is 7.05 Å². The number of benzene rings is 2. The molecule has 0 spiro atoms. The van der Waals surface area contributed by atoms with Crippen molar-refractivity contribution in [3.05, 3.63) is 48.4 Å². The lowest BCUT2D eigenvalue weighted by atomic mass is 10.0. The highest BCUT2D eigenvalue weighted by Crippen LogP contribution is 2.40. The molecule has 0 aliphatic carbocycles. The highest BCUT2D eigenvalue weighted by Gasteiger charge is 2.30. The van der Waals surface area contributed by atoms with Crippen LogP contribution in [0, 0.1) is 0 Å². The number of ether oxygens (including phenoxy) is 2. The summed E-state index contributed by atoms with van der Waals surface area (Å²) >= 11 is 1.57. The van der Waals surface area contributed by atoms with Crippen LogP contribution in [0.1, 0.15) is 6.42 Å². The Bertz CT molecular complexity index is 1590. The fraction of sp³-hybridized carbons (Fsp3) is 0.308. The number of halogens is 1. The average molecular weight is 520 g/mol. The molecule has 2 atom stereocenters. The van der Waals surface area contributed by atoms with Crippen molar-refractivity contribution in [2.24, 2.45) is 7.05 Å². The number of methoxy groups -OCH3 is 1. The molecule has 0 unspecified atom stereocenters. The second-order valence-corrected chi connectivity index (χ2v) is 10.1. The molecule has 1 aliphatic rings. The molecule has 1 aliphatic heterocycles. The lowest BCUT2D eigenvalue weighted by Crippen LogP contribution is -2.45. The average Bonchev–Trinajstić information content (AvgIpc) is 3.51. The van der Waals surface area contributed by atoms with E-state index in [0.717, 1.165) is 33.6 Å². The molecule has 0 radical (unpaired) electrons. The molecule has 4 heterocycles. The van der Waals surface area contributed by atoms with Gasteiger partial charge in [0.1, 0.15) is 30.2 Å². The highest BCUT2D eigenvalue weighted by atomic mass is 32.1. The maximum absolute atomic E-state index is 15.0. The van der Waals surface area contributed by atoms with Crippen LogP contribution < -0.4 is 14.8 Å². The van der Waals surface area contributed by atoms with Crippen LogP contribution in [0.3, 0.4) is 0 Å². The molecule has 5 aromatic rings. The third kappa shape index (κ3) is 4.56. The van der Waals surface area contributed by atoms with Crippen molar-refractivity contribution in [3.8, 4) is 22.8 Å². The maximum atomic E-state index is 15.0. The Morgan fingerprint density at radius 2 is 2.00 bits per heavy atom. The van der Waals surface area contributed by atoms with Crippen molar-refractivity contribution in [2.75, 3.05) is 32.6 Å². The number of likely N-dealkylation sites (tertiary alicyclic amines) is 1. The molecule has 190 valence electrons. The number of alkyl halides is 1. The summed E-state index contributed by atoms with van der Waals surface area (Å²) in [4.78, 5) is 15.4. The van der Waals surface area contributed by atoms with E-state index in [1.165, 1.54) is 6.33 Å². The third-order valence-corrected chi connectivity index (χ3v) is 7.35. The Kier molecular flexibility index (Phi) is 6.09. The van der Waals surface area contributed by atoms with Crippen molar-refractivity contribution >= 4 is 44.0 Å². The summed E-state index contributed by atoms with van der Waals surface area (Å²) in [7, 11) is 5.34. The number of thiazole rings is 1. The lowest BCUT2D eigenvalue weighted by Gasteiger charge is -2.32. The van der Waals surface area contributed by atoms with Gasteiger partial charge in [0.25, 0.3) is 0 Å². The molecule has 3 aromatic heterocycles. The minimum atomic E-state index is -1.11. The summed E-state index contributed by atoms with van der Waals surface area (Å²) in [6.45, 7) is 1.09. The van der Waals surface area contributed by atoms with E-state index in [9.17, 15) is 0 Å². The standard InChI is InChI=1S/C26H26FN7O2S/c1-33-7-6-21(18(27)12-33)36-22-9-15(17-11-34(2)32-26(17)35-3)8-20-24(22)25(29-13-28-20)31-16-4-5-19-23(10-16)37-14-30-19/h4-5,8-11,13-14,18,21H,6-7,12H2,1-3H3,(H,28,29,31)/t18-,21-/m0/s1. The van der Waals surface area contributed by atoms with Crippen LogP contribution in [0.4, 0.5) is 15.9 Å². The van der Waals surface area contributed by atoms with Crippen LogP contribution in [0.15, 0.2) is 48.4 Å². The fourth-order valence-electron chi connectivity index (χ4n) is 4.71. The molecule has 1 saturated heterocycles. The molecule has 0 amide bonds. The van der Waals surface area contributed by atoms with Crippen LogP contribution in [0.25, 0.3) is 32.2 Å². The van der Waals surface area contributed by atoms with Crippen molar-refractivity contribution in [1.29, 1.82) is 0 Å². The number of hydrogen-bond donors (Lipinski definition) is 1. The van der Waals surface area contributed by atoms with Gasteiger partial charge < -0.3 is 19.7 Å². The second-order valence-electron chi connectivity index (χ2n) is 9.20. The first kappa shape index (κ1) is 23.6. The maximum Gasteiger partial charge on any atom is 0.240 e. The van der Waals surface area contributed by atoms with Gasteiger partial charge in [0.2, 0.25) is 5.88 Å². The molecule has 6 rings (SSSR count). The number of piperidine rings is 1. The van der Waals surface area contributed by atoms with Gasteiger partial charge in [-0.2, -0.15) is 0 Å². The number of anilines is 2. The van der Waals surface area contributed by atoms with Gasteiger partial charge in [0.15, 0.2) is 0 Å². The Balaban J connectivity index is 1.47. The van der Waals surface area contributed by atoms with Crippen LogP contribution in [0.2, 0.25) is 0 Å². The monoisotopic (exact) mass is 519 g/mol. The highest BCUT2D eigenvalue weighted by molar-refractivity contribution is 7.16. The van der Waals surface area contributed by atoms with E-state index in [-0.39, 0.29) is 0 Å². The van der Waals surface area contributed by atoms with Gasteiger partial charge in [-0.1, -0.05) is 0 Å². The van der Waals surface area contributed by atoms with E-state index in [4.69, 9.17) is 9.47 Å². The number of rotatable bonds is 6. The number of aromatic nitrogens is 5. The Hall–Kier alpha value is -3.83. The molecular weight excluding hydrogens is 493 g/mol. The second kappa shape index (κ2) is 9.56. The summed E-state index contributed by atoms with van der Waals surface area (Å²) in [5, 5.41) is 8.48. The topological polar surface area (TPSA) is 90.2 Å². The summed E-state index contributed by atoms with van der Waals surface area (Å²) < 4.78 is 29.7.